The zero-order chi connectivity index (χ0) is 24.6. The third-order valence-corrected chi connectivity index (χ3v) is 8.05. The van der Waals surface area contributed by atoms with Gasteiger partial charge in [-0.3, -0.25) is 9.69 Å². The lowest BCUT2D eigenvalue weighted by Crippen LogP contribution is -2.44. The highest BCUT2D eigenvalue weighted by Gasteiger charge is 2.45. The maximum atomic E-state index is 13.4. The summed E-state index contributed by atoms with van der Waals surface area (Å²) in [6, 6.07) is 7.82. The van der Waals surface area contributed by atoms with Gasteiger partial charge in [0, 0.05) is 48.1 Å². The Morgan fingerprint density at radius 2 is 1.90 bits per heavy atom. The van der Waals surface area contributed by atoms with Crippen LogP contribution in [-0.4, -0.2) is 70.0 Å². The third kappa shape index (κ3) is 4.39. The van der Waals surface area contributed by atoms with Gasteiger partial charge in [0.2, 0.25) is 0 Å². The standard InChI is InChI=1S/C27H27N3O6.2ClH.H2O/c1-2-27(33)20-11-22-24-15(12-30(22)25(31)19(20)14-35-26(27)32)9-17-18-10-16(13-29-5-7-34-8-6-29)36-23(18)4-3-21(17)28-24;;;/h3-4,9,11,16,33H,2,5-8,10,12-14H2,1H3;2*1H;1H2/t16?,27-;;;/m0.../s1. The van der Waals surface area contributed by atoms with Crippen LogP contribution in [0.4, 0.5) is 0 Å². The van der Waals surface area contributed by atoms with Crippen LogP contribution in [-0.2, 0) is 39.4 Å². The molecule has 0 radical (unpaired) electrons. The second-order valence-corrected chi connectivity index (χ2v) is 10.1. The van der Waals surface area contributed by atoms with Crippen LogP contribution in [0.5, 0.6) is 5.75 Å². The number of halogens is 2. The van der Waals surface area contributed by atoms with Crippen molar-refractivity contribution in [2.24, 2.45) is 0 Å². The van der Waals surface area contributed by atoms with E-state index in [9.17, 15) is 14.7 Å². The molecule has 6 heterocycles. The number of hydrogen-bond donors (Lipinski definition) is 1. The first-order valence-corrected chi connectivity index (χ1v) is 12.6. The predicted molar refractivity (Wildman–Crippen MR) is 148 cm³/mol. The summed E-state index contributed by atoms with van der Waals surface area (Å²) >= 11 is 0. The minimum Gasteiger partial charge on any atom is -0.488 e. The van der Waals surface area contributed by atoms with Gasteiger partial charge in [-0.05, 0) is 30.7 Å². The number of ether oxygens (including phenoxy) is 3. The molecule has 0 amide bonds. The fourth-order valence-corrected chi connectivity index (χ4v) is 6.03. The molecule has 0 aliphatic carbocycles. The maximum Gasteiger partial charge on any atom is 0.343 e. The lowest BCUT2D eigenvalue weighted by molar-refractivity contribution is -0.172. The highest BCUT2D eigenvalue weighted by Crippen LogP contribution is 2.41. The number of carbonyl (C=O) groups is 1. The minimum atomic E-state index is -1.82. The van der Waals surface area contributed by atoms with Crippen molar-refractivity contribution >= 4 is 41.7 Å². The molecule has 1 saturated heterocycles. The monoisotopic (exact) mass is 579 g/mol. The molecule has 4 aliphatic heterocycles. The van der Waals surface area contributed by atoms with Gasteiger partial charge in [-0.15, -0.1) is 24.8 Å². The molecular weight excluding hydrogens is 549 g/mol. The van der Waals surface area contributed by atoms with E-state index >= 15 is 0 Å². The van der Waals surface area contributed by atoms with Crippen LogP contribution in [0.15, 0.2) is 29.1 Å². The van der Waals surface area contributed by atoms with E-state index in [2.05, 4.69) is 11.0 Å². The fraction of sp³-hybridized carbons (Fsp3) is 0.444. The van der Waals surface area contributed by atoms with E-state index in [1.165, 1.54) is 0 Å². The summed E-state index contributed by atoms with van der Waals surface area (Å²) in [4.78, 5) is 33.1. The van der Waals surface area contributed by atoms with Gasteiger partial charge in [-0.25, -0.2) is 9.78 Å². The minimum absolute atomic E-state index is 0. The Bertz CT molecular complexity index is 1510. The molecule has 1 aromatic carbocycles. The number of hydrogen-bond acceptors (Lipinski definition) is 8. The van der Waals surface area contributed by atoms with Gasteiger partial charge in [0.25, 0.3) is 5.56 Å². The summed E-state index contributed by atoms with van der Waals surface area (Å²) in [6.07, 6.45) is 1.03. The molecule has 7 rings (SSSR count). The molecule has 4 aliphatic rings. The molecule has 1 unspecified atom stereocenters. The molecule has 0 bridgehead atoms. The predicted octanol–water partition coefficient (Wildman–Crippen LogP) is 1.73. The highest BCUT2D eigenvalue weighted by molar-refractivity contribution is 5.89. The number of carbonyl (C=O) groups excluding carboxylic acids is 1. The first kappa shape index (κ1) is 29.3. The Morgan fingerprint density at radius 1 is 1.13 bits per heavy atom. The van der Waals surface area contributed by atoms with Crippen LogP contribution in [0, 0.1) is 0 Å². The number of rotatable bonds is 3. The molecular formula is C27H31Cl2N3O7. The average Bonchev–Trinajstić information content (AvgIpc) is 3.47. The summed E-state index contributed by atoms with van der Waals surface area (Å²) in [5, 5.41) is 12.1. The molecule has 12 heteroatoms. The van der Waals surface area contributed by atoms with Crippen molar-refractivity contribution in [1.29, 1.82) is 0 Å². The largest absolute Gasteiger partial charge is 0.488 e. The number of esters is 1. The van der Waals surface area contributed by atoms with Crippen LogP contribution in [0.25, 0.3) is 22.3 Å². The highest BCUT2D eigenvalue weighted by atomic mass is 35.5. The van der Waals surface area contributed by atoms with Gasteiger partial charge in [0.1, 0.15) is 18.5 Å². The summed E-state index contributed by atoms with van der Waals surface area (Å²) in [7, 11) is 0. The summed E-state index contributed by atoms with van der Waals surface area (Å²) < 4.78 is 18.6. The SMILES string of the molecule is CC[C@@]1(O)C(=O)OCc2c1cc1n(c2=O)Cc2cc3c4c(ccc3nc2-1)OC(CN1CCOCC1)C4.Cl.Cl.O. The normalized spacial score (nSPS) is 22.7. The molecule has 3 aromatic rings. The van der Waals surface area contributed by atoms with E-state index in [1.54, 1.807) is 17.6 Å². The summed E-state index contributed by atoms with van der Waals surface area (Å²) in [6.45, 7) is 6.20. The number of aliphatic hydroxyl groups is 1. The topological polar surface area (TPSA) is 135 Å². The van der Waals surface area contributed by atoms with Crippen LogP contribution in [0.3, 0.4) is 0 Å². The maximum absolute atomic E-state index is 13.4. The first-order chi connectivity index (χ1) is 17.5. The fourth-order valence-electron chi connectivity index (χ4n) is 6.03. The van der Waals surface area contributed by atoms with E-state index in [4.69, 9.17) is 19.2 Å². The van der Waals surface area contributed by atoms with Crippen LogP contribution >= 0.6 is 24.8 Å². The molecule has 2 atom stereocenters. The zero-order valence-electron chi connectivity index (χ0n) is 21.4. The number of morpholine rings is 1. The van der Waals surface area contributed by atoms with Gasteiger partial charge in [-0.1, -0.05) is 6.92 Å². The lowest BCUT2D eigenvalue weighted by atomic mass is 9.86. The van der Waals surface area contributed by atoms with E-state index in [0.717, 1.165) is 67.0 Å². The molecule has 1 fully saturated rings. The van der Waals surface area contributed by atoms with Crippen molar-refractivity contribution in [2.75, 3.05) is 32.8 Å². The second kappa shape index (κ2) is 10.7. The van der Waals surface area contributed by atoms with Crippen molar-refractivity contribution < 1.29 is 29.6 Å². The van der Waals surface area contributed by atoms with Gasteiger partial charge >= 0.3 is 5.97 Å². The van der Waals surface area contributed by atoms with Crippen LogP contribution in [0.2, 0.25) is 0 Å². The molecule has 3 N–H and O–H groups in total. The molecule has 10 nitrogen and oxygen atoms in total. The molecule has 39 heavy (non-hydrogen) atoms. The number of cyclic esters (lactones) is 1. The Hall–Kier alpha value is -2.73. The van der Waals surface area contributed by atoms with Gasteiger partial charge < -0.3 is 29.4 Å². The first-order valence-electron chi connectivity index (χ1n) is 12.6. The second-order valence-electron chi connectivity index (χ2n) is 10.1. The Labute approximate surface area is 237 Å². The van der Waals surface area contributed by atoms with Crippen LogP contribution in [0.1, 0.15) is 35.6 Å². The quantitative estimate of drug-likeness (QED) is 0.362. The number of fused-ring (bicyclic) bond motifs is 7. The number of aromatic nitrogens is 2. The Kier molecular flexibility index (Phi) is 8.01. The smallest absolute Gasteiger partial charge is 0.343 e. The number of benzene rings is 1. The van der Waals surface area contributed by atoms with E-state index in [1.807, 2.05) is 12.1 Å². The van der Waals surface area contributed by atoms with Crippen molar-refractivity contribution in [2.45, 2.75) is 44.6 Å². The zero-order valence-corrected chi connectivity index (χ0v) is 23.0. The van der Waals surface area contributed by atoms with Crippen molar-refractivity contribution in [3.63, 3.8) is 0 Å². The average molecular weight is 580 g/mol. The number of nitrogens with zero attached hydrogens (tertiary/aromatic N) is 3. The van der Waals surface area contributed by atoms with Crippen molar-refractivity contribution in [3.05, 3.63) is 56.9 Å². The third-order valence-electron chi connectivity index (χ3n) is 8.05. The van der Waals surface area contributed by atoms with Crippen molar-refractivity contribution in [1.82, 2.24) is 14.5 Å². The Balaban J connectivity index is 0.00000118. The molecule has 0 spiro atoms. The van der Waals surface area contributed by atoms with Crippen LogP contribution < -0.4 is 10.3 Å². The Morgan fingerprint density at radius 3 is 2.64 bits per heavy atom. The molecule has 0 saturated carbocycles. The van der Waals surface area contributed by atoms with Gasteiger partial charge in [0.05, 0.1) is 42.2 Å². The van der Waals surface area contributed by atoms with Gasteiger partial charge in [-0.2, -0.15) is 0 Å². The number of pyridine rings is 2. The van der Waals surface area contributed by atoms with Crippen molar-refractivity contribution in [3.8, 4) is 17.1 Å². The van der Waals surface area contributed by atoms with E-state index in [0.29, 0.717) is 29.1 Å². The van der Waals surface area contributed by atoms with E-state index < -0.39 is 11.6 Å². The molecule has 210 valence electrons. The van der Waals surface area contributed by atoms with E-state index in [-0.39, 0.29) is 55.0 Å². The summed E-state index contributed by atoms with van der Waals surface area (Å²) in [5.74, 6) is 0.183. The lowest BCUT2D eigenvalue weighted by Gasteiger charge is -2.31. The summed E-state index contributed by atoms with van der Waals surface area (Å²) in [5.41, 5.74) is 2.87. The molecule has 2 aromatic heterocycles. The van der Waals surface area contributed by atoms with Gasteiger partial charge in [0.15, 0.2) is 5.60 Å².